The second kappa shape index (κ2) is 7.53. The van der Waals surface area contributed by atoms with Crippen LogP contribution in [0.3, 0.4) is 0 Å². The monoisotopic (exact) mass is 358 g/mol. The lowest BCUT2D eigenvalue weighted by molar-refractivity contribution is 0.0615. The fourth-order valence-corrected chi connectivity index (χ4v) is 3.76. The number of nitrogens with zero attached hydrogens (tertiary/aromatic N) is 4. The number of hydrogen-bond acceptors (Lipinski definition) is 5. The van der Waals surface area contributed by atoms with Gasteiger partial charge in [0.05, 0.1) is 6.54 Å². The van der Waals surface area contributed by atoms with E-state index in [4.69, 9.17) is 4.52 Å². The highest BCUT2D eigenvalue weighted by Gasteiger charge is 2.25. The molecule has 26 heavy (non-hydrogen) atoms. The van der Waals surface area contributed by atoms with Crippen molar-refractivity contribution < 1.29 is 13.7 Å². The molecule has 2 aromatic rings. The molecule has 2 aliphatic rings. The van der Waals surface area contributed by atoms with Crippen molar-refractivity contribution >= 4 is 5.91 Å². The first-order valence-electron chi connectivity index (χ1n) is 9.29. The normalized spacial score (nSPS) is 19.2. The van der Waals surface area contributed by atoms with Gasteiger partial charge in [-0.25, -0.2) is 4.39 Å². The van der Waals surface area contributed by atoms with E-state index in [1.807, 2.05) is 4.90 Å². The van der Waals surface area contributed by atoms with Crippen LogP contribution in [0.5, 0.6) is 0 Å². The minimum Gasteiger partial charge on any atom is -0.338 e. The van der Waals surface area contributed by atoms with E-state index in [0.717, 1.165) is 31.8 Å². The van der Waals surface area contributed by atoms with E-state index in [1.54, 1.807) is 0 Å². The van der Waals surface area contributed by atoms with Crippen LogP contribution in [0.25, 0.3) is 0 Å². The van der Waals surface area contributed by atoms with E-state index in [1.165, 1.54) is 37.1 Å². The van der Waals surface area contributed by atoms with Crippen LogP contribution in [0.15, 0.2) is 28.8 Å². The van der Waals surface area contributed by atoms with Crippen molar-refractivity contribution in [2.45, 2.75) is 38.1 Å². The predicted molar refractivity (Wildman–Crippen MR) is 93.1 cm³/mol. The Morgan fingerprint density at radius 1 is 1.12 bits per heavy atom. The zero-order valence-corrected chi connectivity index (χ0v) is 14.7. The Balaban J connectivity index is 1.29. The molecule has 0 unspecified atom stereocenters. The Morgan fingerprint density at radius 2 is 1.81 bits per heavy atom. The Kier molecular flexibility index (Phi) is 4.97. The fourth-order valence-electron chi connectivity index (χ4n) is 3.76. The molecule has 2 fully saturated rings. The molecule has 4 rings (SSSR count). The highest BCUT2D eigenvalue weighted by molar-refractivity contribution is 5.94. The number of rotatable bonds is 4. The van der Waals surface area contributed by atoms with Gasteiger partial charge >= 0.3 is 0 Å². The molecule has 1 aromatic carbocycles. The summed E-state index contributed by atoms with van der Waals surface area (Å²) in [7, 11) is 0. The summed E-state index contributed by atoms with van der Waals surface area (Å²) < 4.78 is 18.4. The van der Waals surface area contributed by atoms with E-state index in [9.17, 15) is 9.18 Å². The zero-order valence-electron chi connectivity index (χ0n) is 14.7. The van der Waals surface area contributed by atoms with Gasteiger partial charge in [-0.15, -0.1) is 0 Å². The van der Waals surface area contributed by atoms with Crippen LogP contribution >= 0.6 is 0 Å². The zero-order chi connectivity index (χ0) is 17.9. The molecule has 1 saturated heterocycles. The number of halogens is 1. The Hall–Kier alpha value is -2.28. The van der Waals surface area contributed by atoms with Crippen molar-refractivity contribution in [3.05, 3.63) is 47.4 Å². The number of carbonyl (C=O) groups is 1. The molecule has 2 heterocycles. The summed E-state index contributed by atoms with van der Waals surface area (Å²) in [6.07, 6.45) is 4.81. The molecule has 0 N–H and O–H groups in total. The SMILES string of the molecule is O=C(c1ccc(F)cc1)N1CCN(Cc2nc(C3CCCC3)no2)CC1. The first-order chi connectivity index (χ1) is 12.7. The highest BCUT2D eigenvalue weighted by Crippen LogP contribution is 2.32. The number of benzene rings is 1. The topological polar surface area (TPSA) is 62.5 Å². The Morgan fingerprint density at radius 3 is 2.50 bits per heavy atom. The molecule has 1 aliphatic carbocycles. The van der Waals surface area contributed by atoms with Crippen LogP contribution in [-0.2, 0) is 6.54 Å². The summed E-state index contributed by atoms with van der Waals surface area (Å²) in [6.45, 7) is 3.42. The van der Waals surface area contributed by atoms with E-state index in [2.05, 4.69) is 15.0 Å². The highest BCUT2D eigenvalue weighted by atomic mass is 19.1. The van der Waals surface area contributed by atoms with Crippen LogP contribution < -0.4 is 0 Å². The van der Waals surface area contributed by atoms with Gasteiger partial charge in [0.25, 0.3) is 5.91 Å². The number of hydrogen-bond donors (Lipinski definition) is 0. The maximum absolute atomic E-state index is 13.0. The molecule has 1 aliphatic heterocycles. The minimum atomic E-state index is -0.331. The smallest absolute Gasteiger partial charge is 0.253 e. The lowest BCUT2D eigenvalue weighted by Gasteiger charge is -2.34. The summed E-state index contributed by atoms with van der Waals surface area (Å²) in [5.41, 5.74) is 0.526. The van der Waals surface area contributed by atoms with Crippen molar-refractivity contribution in [1.29, 1.82) is 0 Å². The molecule has 0 bridgehead atoms. The van der Waals surface area contributed by atoms with Gasteiger partial charge in [-0.2, -0.15) is 4.98 Å². The van der Waals surface area contributed by atoms with Gasteiger partial charge in [0.15, 0.2) is 5.82 Å². The van der Waals surface area contributed by atoms with Gasteiger partial charge in [0.2, 0.25) is 5.89 Å². The largest absolute Gasteiger partial charge is 0.338 e. The summed E-state index contributed by atoms with van der Waals surface area (Å²) in [6, 6.07) is 5.71. The molecule has 6 nitrogen and oxygen atoms in total. The number of aromatic nitrogens is 2. The average Bonchev–Trinajstić information content (AvgIpc) is 3.34. The number of amides is 1. The van der Waals surface area contributed by atoms with Crippen molar-refractivity contribution in [3.8, 4) is 0 Å². The molecule has 138 valence electrons. The third kappa shape index (κ3) is 3.77. The maximum Gasteiger partial charge on any atom is 0.253 e. The summed E-state index contributed by atoms with van der Waals surface area (Å²) in [4.78, 5) is 21.1. The summed E-state index contributed by atoms with van der Waals surface area (Å²) in [5, 5.41) is 4.15. The van der Waals surface area contributed by atoms with Gasteiger partial charge in [0, 0.05) is 37.7 Å². The Labute approximate surface area is 152 Å². The lowest BCUT2D eigenvalue weighted by Crippen LogP contribution is -2.48. The van der Waals surface area contributed by atoms with Crippen LogP contribution in [-0.4, -0.2) is 52.0 Å². The van der Waals surface area contributed by atoms with Crippen LogP contribution in [0.2, 0.25) is 0 Å². The molecule has 7 heteroatoms. The van der Waals surface area contributed by atoms with E-state index < -0.39 is 0 Å². The van der Waals surface area contributed by atoms with Crippen molar-refractivity contribution in [2.75, 3.05) is 26.2 Å². The van der Waals surface area contributed by atoms with Gasteiger partial charge in [-0.1, -0.05) is 18.0 Å². The summed E-state index contributed by atoms with van der Waals surface area (Å²) >= 11 is 0. The lowest BCUT2D eigenvalue weighted by atomic mass is 10.1. The van der Waals surface area contributed by atoms with E-state index in [-0.39, 0.29) is 11.7 Å². The maximum atomic E-state index is 13.0. The fraction of sp³-hybridized carbons (Fsp3) is 0.526. The second-order valence-corrected chi connectivity index (χ2v) is 7.10. The van der Waals surface area contributed by atoms with Gasteiger partial charge in [-0.05, 0) is 37.1 Å². The Bertz CT molecular complexity index is 747. The van der Waals surface area contributed by atoms with Crippen molar-refractivity contribution in [3.63, 3.8) is 0 Å². The molecule has 0 radical (unpaired) electrons. The minimum absolute atomic E-state index is 0.0500. The number of carbonyl (C=O) groups excluding carboxylic acids is 1. The molecule has 1 aromatic heterocycles. The van der Waals surface area contributed by atoms with Gasteiger partial charge in [0.1, 0.15) is 5.82 Å². The molecule has 0 spiro atoms. The first kappa shape index (κ1) is 17.1. The molecule has 1 amide bonds. The van der Waals surface area contributed by atoms with Crippen molar-refractivity contribution in [1.82, 2.24) is 19.9 Å². The first-order valence-corrected chi connectivity index (χ1v) is 9.29. The third-order valence-electron chi connectivity index (χ3n) is 5.31. The number of piperazine rings is 1. The van der Waals surface area contributed by atoms with Crippen molar-refractivity contribution in [2.24, 2.45) is 0 Å². The molecule has 0 atom stereocenters. The van der Waals surface area contributed by atoms with Crippen LogP contribution in [0.4, 0.5) is 4.39 Å². The average molecular weight is 358 g/mol. The summed E-state index contributed by atoms with van der Waals surface area (Å²) in [5.74, 6) is 1.58. The quantitative estimate of drug-likeness (QED) is 0.841. The standard InChI is InChI=1S/C19H23FN4O2/c20-16-7-5-15(6-8-16)19(25)24-11-9-23(10-12-24)13-17-21-18(22-26-17)14-3-1-2-4-14/h5-8,14H,1-4,9-13H2. The third-order valence-corrected chi connectivity index (χ3v) is 5.31. The van der Waals surface area contributed by atoms with Crippen LogP contribution in [0.1, 0.15) is 53.7 Å². The predicted octanol–water partition coefficient (Wildman–Crippen LogP) is 2.82. The van der Waals surface area contributed by atoms with Crippen LogP contribution in [0, 0.1) is 5.82 Å². The van der Waals surface area contributed by atoms with E-state index >= 15 is 0 Å². The molecular weight excluding hydrogens is 335 g/mol. The molecule has 1 saturated carbocycles. The van der Waals surface area contributed by atoms with Gasteiger partial charge < -0.3 is 9.42 Å². The molecular formula is C19H23FN4O2. The second-order valence-electron chi connectivity index (χ2n) is 7.10. The van der Waals surface area contributed by atoms with E-state index in [0.29, 0.717) is 37.0 Å². The van der Waals surface area contributed by atoms with Gasteiger partial charge in [-0.3, -0.25) is 9.69 Å².